The molecule has 1 saturated heterocycles. The number of benzene rings is 1. The van der Waals surface area contributed by atoms with Gasteiger partial charge in [0.15, 0.2) is 11.9 Å². The van der Waals surface area contributed by atoms with Crippen LogP contribution < -0.4 is 14.8 Å². The van der Waals surface area contributed by atoms with Crippen molar-refractivity contribution < 1.29 is 14.5 Å². The number of piperidine rings is 1. The van der Waals surface area contributed by atoms with Crippen molar-refractivity contribution in [1.29, 1.82) is 0 Å². The van der Waals surface area contributed by atoms with Gasteiger partial charge < -0.3 is 15.3 Å². The summed E-state index contributed by atoms with van der Waals surface area (Å²) in [7, 11) is 0. The van der Waals surface area contributed by atoms with Crippen molar-refractivity contribution in [2.24, 2.45) is 0 Å². The third kappa shape index (κ3) is 3.85. The number of amides is 1. The zero-order valence-corrected chi connectivity index (χ0v) is 14.0. The number of hydrogen-bond acceptors (Lipinski definition) is 3. The van der Waals surface area contributed by atoms with Gasteiger partial charge in [0.1, 0.15) is 0 Å². The van der Waals surface area contributed by atoms with Crippen molar-refractivity contribution in [1.82, 2.24) is 0 Å². The summed E-state index contributed by atoms with van der Waals surface area (Å²) >= 11 is 0. The van der Waals surface area contributed by atoms with Crippen molar-refractivity contribution >= 4 is 17.3 Å². The fourth-order valence-corrected chi connectivity index (χ4v) is 3.01. The highest BCUT2D eigenvalue weighted by atomic mass is 16.3. The Morgan fingerprint density at radius 2 is 1.88 bits per heavy atom. The summed E-state index contributed by atoms with van der Waals surface area (Å²) < 4.78 is 1.69. The van der Waals surface area contributed by atoms with Gasteiger partial charge in [-0.05, 0) is 49.6 Å². The average Bonchev–Trinajstić information content (AvgIpc) is 2.62. The Hall–Kier alpha value is -2.56. The lowest BCUT2D eigenvalue weighted by Crippen LogP contribution is -2.43. The molecule has 126 valence electrons. The molecule has 2 aromatic rings. The first-order chi connectivity index (χ1) is 11.6. The number of carbonyl (C=O) groups is 1. The number of aromatic hydroxyl groups is 1. The molecule has 0 unspecified atom stereocenters. The molecule has 1 atom stereocenters. The van der Waals surface area contributed by atoms with Crippen LogP contribution in [-0.2, 0) is 4.79 Å². The normalized spacial score (nSPS) is 15.8. The van der Waals surface area contributed by atoms with Gasteiger partial charge in [-0.15, -0.1) is 0 Å². The second-order valence-electron chi connectivity index (χ2n) is 6.27. The molecule has 5 heteroatoms. The van der Waals surface area contributed by atoms with Crippen molar-refractivity contribution in [3.63, 3.8) is 0 Å². The third-order valence-corrected chi connectivity index (χ3v) is 4.49. The van der Waals surface area contributed by atoms with E-state index in [0.29, 0.717) is 0 Å². The minimum Gasteiger partial charge on any atom is -0.503 e. The SMILES string of the molecule is C[C@@H](C(=O)Nc1ccc(N2CCCCC2)cc1)[n+]1cccc(O)c1. The van der Waals surface area contributed by atoms with Gasteiger partial charge in [-0.25, -0.2) is 0 Å². The number of rotatable bonds is 4. The quantitative estimate of drug-likeness (QED) is 0.850. The number of pyridine rings is 1. The lowest BCUT2D eigenvalue weighted by molar-refractivity contribution is -0.705. The Balaban J connectivity index is 1.63. The summed E-state index contributed by atoms with van der Waals surface area (Å²) in [4.78, 5) is 14.8. The molecular formula is C19H24N3O2+. The largest absolute Gasteiger partial charge is 0.503 e. The average molecular weight is 326 g/mol. The van der Waals surface area contributed by atoms with E-state index in [4.69, 9.17) is 0 Å². The molecule has 0 spiro atoms. The van der Waals surface area contributed by atoms with E-state index in [1.807, 2.05) is 12.1 Å². The second kappa shape index (κ2) is 7.34. The number of nitrogens with zero attached hydrogens (tertiary/aromatic N) is 2. The first kappa shape index (κ1) is 16.3. The highest BCUT2D eigenvalue weighted by Gasteiger charge is 2.22. The van der Waals surface area contributed by atoms with Gasteiger partial charge in [-0.3, -0.25) is 4.79 Å². The molecule has 0 aliphatic carbocycles. The second-order valence-corrected chi connectivity index (χ2v) is 6.27. The first-order valence-corrected chi connectivity index (χ1v) is 8.49. The Labute approximate surface area is 142 Å². The molecular weight excluding hydrogens is 302 g/mol. The molecule has 1 fully saturated rings. The van der Waals surface area contributed by atoms with Gasteiger partial charge in [0, 0.05) is 37.5 Å². The minimum absolute atomic E-state index is 0.115. The van der Waals surface area contributed by atoms with E-state index in [-0.39, 0.29) is 11.7 Å². The molecule has 1 amide bonds. The number of nitrogens with one attached hydrogen (secondary N) is 1. The molecule has 1 aliphatic heterocycles. The fourth-order valence-electron chi connectivity index (χ4n) is 3.01. The minimum atomic E-state index is -0.404. The Morgan fingerprint density at radius 3 is 2.54 bits per heavy atom. The van der Waals surface area contributed by atoms with E-state index < -0.39 is 6.04 Å². The zero-order chi connectivity index (χ0) is 16.9. The molecule has 0 bridgehead atoms. The van der Waals surface area contributed by atoms with Crippen molar-refractivity contribution in [3.05, 3.63) is 48.8 Å². The van der Waals surface area contributed by atoms with Gasteiger partial charge in [-0.1, -0.05) is 0 Å². The third-order valence-electron chi connectivity index (χ3n) is 4.49. The van der Waals surface area contributed by atoms with Gasteiger partial charge >= 0.3 is 0 Å². The highest BCUT2D eigenvalue weighted by Crippen LogP contribution is 2.22. The van der Waals surface area contributed by atoms with Gasteiger partial charge in [0.05, 0.1) is 0 Å². The van der Waals surface area contributed by atoms with E-state index in [1.165, 1.54) is 24.9 Å². The van der Waals surface area contributed by atoms with Crippen LogP contribution in [-0.4, -0.2) is 24.1 Å². The lowest BCUT2D eigenvalue weighted by Gasteiger charge is -2.28. The molecule has 2 heterocycles. The molecule has 1 aromatic heterocycles. The van der Waals surface area contributed by atoms with E-state index in [2.05, 4.69) is 22.3 Å². The Morgan fingerprint density at radius 1 is 1.17 bits per heavy atom. The van der Waals surface area contributed by atoms with Crippen LogP contribution in [0.25, 0.3) is 0 Å². The molecule has 0 radical (unpaired) electrons. The number of hydrogen-bond donors (Lipinski definition) is 2. The standard InChI is InChI=1S/C19H23N3O2/c1-15(22-13-5-6-18(23)14-22)19(24)20-16-7-9-17(10-8-16)21-11-3-2-4-12-21/h5-10,13-15H,2-4,11-12H2,1H3,(H-,20,23,24)/p+1/t15-/m0/s1. The van der Waals surface area contributed by atoms with Crippen LogP contribution in [0.2, 0.25) is 0 Å². The van der Waals surface area contributed by atoms with Gasteiger partial charge in [0.25, 0.3) is 5.91 Å². The summed E-state index contributed by atoms with van der Waals surface area (Å²) in [6, 6.07) is 10.9. The van der Waals surface area contributed by atoms with Crippen LogP contribution in [0.4, 0.5) is 11.4 Å². The maximum atomic E-state index is 12.4. The monoisotopic (exact) mass is 326 g/mol. The van der Waals surface area contributed by atoms with E-state index >= 15 is 0 Å². The first-order valence-electron chi connectivity index (χ1n) is 8.49. The summed E-state index contributed by atoms with van der Waals surface area (Å²) in [5, 5.41) is 12.5. The van der Waals surface area contributed by atoms with Crippen LogP contribution in [0.1, 0.15) is 32.2 Å². The summed E-state index contributed by atoms with van der Waals surface area (Å²) in [6.45, 7) is 4.02. The molecule has 2 N–H and O–H groups in total. The maximum Gasteiger partial charge on any atom is 0.293 e. The molecule has 1 aliphatic rings. The lowest BCUT2D eigenvalue weighted by atomic mass is 10.1. The van der Waals surface area contributed by atoms with E-state index in [9.17, 15) is 9.90 Å². The van der Waals surface area contributed by atoms with Crippen LogP contribution in [0, 0.1) is 0 Å². The molecule has 0 saturated carbocycles. The van der Waals surface area contributed by atoms with Gasteiger partial charge in [-0.2, -0.15) is 4.57 Å². The molecule has 24 heavy (non-hydrogen) atoms. The Bertz CT molecular complexity index is 694. The fraction of sp³-hybridized carbons (Fsp3) is 0.368. The number of anilines is 2. The van der Waals surface area contributed by atoms with Crippen molar-refractivity contribution in [2.45, 2.75) is 32.2 Å². The molecule has 5 nitrogen and oxygen atoms in total. The predicted octanol–water partition coefficient (Wildman–Crippen LogP) is 2.87. The van der Waals surface area contributed by atoms with E-state index in [0.717, 1.165) is 18.8 Å². The van der Waals surface area contributed by atoms with Crippen LogP contribution in [0.5, 0.6) is 5.75 Å². The molecule has 3 rings (SSSR count). The zero-order valence-electron chi connectivity index (χ0n) is 14.0. The van der Waals surface area contributed by atoms with Gasteiger partial charge in [0.2, 0.25) is 12.2 Å². The van der Waals surface area contributed by atoms with Crippen molar-refractivity contribution in [2.75, 3.05) is 23.3 Å². The van der Waals surface area contributed by atoms with Crippen LogP contribution in [0.15, 0.2) is 48.8 Å². The van der Waals surface area contributed by atoms with Crippen LogP contribution >= 0.6 is 0 Å². The van der Waals surface area contributed by atoms with E-state index in [1.54, 1.807) is 36.0 Å². The number of aromatic nitrogens is 1. The topological polar surface area (TPSA) is 56.5 Å². The summed E-state index contributed by atoms with van der Waals surface area (Å²) in [6.07, 6.45) is 7.12. The maximum absolute atomic E-state index is 12.4. The van der Waals surface area contributed by atoms with Crippen LogP contribution in [0.3, 0.4) is 0 Å². The number of carbonyl (C=O) groups excluding carboxylic acids is 1. The Kier molecular flexibility index (Phi) is 4.99. The van der Waals surface area contributed by atoms with Crippen molar-refractivity contribution in [3.8, 4) is 5.75 Å². The summed E-state index contributed by atoms with van der Waals surface area (Å²) in [5.41, 5.74) is 2.00. The highest BCUT2D eigenvalue weighted by molar-refractivity contribution is 5.92. The smallest absolute Gasteiger partial charge is 0.293 e. The summed E-state index contributed by atoms with van der Waals surface area (Å²) in [5.74, 6) is 0.0272. The predicted molar refractivity (Wildman–Crippen MR) is 94.1 cm³/mol. The molecule has 1 aromatic carbocycles.